The molecule has 0 fully saturated rings. The lowest BCUT2D eigenvalue weighted by molar-refractivity contribution is 0.284. The second-order valence-electron chi connectivity index (χ2n) is 2.23. The van der Waals surface area contributed by atoms with E-state index in [1.807, 2.05) is 17.8 Å². The molecule has 0 N–H and O–H groups in total. The standard InChI is InChI=1S/C7H10N2OS/c1-6(11)10-5-7-8-3-4-9(7)2/h3-4H,5H2,1-2H3. The molecule has 0 unspecified atom stereocenters. The van der Waals surface area contributed by atoms with Gasteiger partial charge in [0.15, 0.2) is 5.05 Å². The van der Waals surface area contributed by atoms with Gasteiger partial charge in [0.2, 0.25) is 0 Å². The first-order valence-electron chi connectivity index (χ1n) is 3.29. The van der Waals surface area contributed by atoms with Crippen molar-refractivity contribution in [3.63, 3.8) is 0 Å². The number of aromatic nitrogens is 2. The lowest BCUT2D eigenvalue weighted by atomic mass is 10.6. The van der Waals surface area contributed by atoms with Crippen LogP contribution in [0, 0.1) is 0 Å². The molecule has 0 spiro atoms. The number of hydrogen-bond acceptors (Lipinski definition) is 3. The van der Waals surface area contributed by atoms with Crippen LogP contribution in [0.1, 0.15) is 12.7 Å². The highest BCUT2D eigenvalue weighted by molar-refractivity contribution is 7.80. The van der Waals surface area contributed by atoms with Crippen LogP contribution in [-0.2, 0) is 18.4 Å². The summed E-state index contributed by atoms with van der Waals surface area (Å²) in [6.07, 6.45) is 3.61. The van der Waals surface area contributed by atoms with Crippen LogP contribution < -0.4 is 0 Å². The highest BCUT2D eigenvalue weighted by Gasteiger charge is 1.98. The van der Waals surface area contributed by atoms with E-state index in [0.29, 0.717) is 11.7 Å². The molecule has 0 bridgehead atoms. The van der Waals surface area contributed by atoms with Gasteiger partial charge in [-0.05, 0) is 12.2 Å². The molecule has 4 heteroatoms. The summed E-state index contributed by atoms with van der Waals surface area (Å²) in [6, 6.07) is 0. The average Bonchev–Trinajstić information content (AvgIpc) is 2.31. The van der Waals surface area contributed by atoms with Crippen LogP contribution in [0.3, 0.4) is 0 Å². The third-order valence-electron chi connectivity index (χ3n) is 1.33. The van der Waals surface area contributed by atoms with E-state index in [1.54, 1.807) is 13.1 Å². The average molecular weight is 170 g/mol. The van der Waals surface area contributed by atoms with Crippen LogP contribution in [-0.4, -0.2) is 14.6 Å². The third-order valence-corrected chi connectivity index (χ3v) is 1.44. The number of ether oxygens (including phenoxy) is 1. The van der Waals surface area contributed by atoms with Crippen molar-refractivity contribution in [2.24, 2.45) is 7.05 Å². The fraction of sp³-hybridized carbons (Fsp3) is 0.429. The Morgan fingerprint density at radius 2 is 2.55 bits per heavy atom. The van der Waals surface area contributed by atoms with Gasteiger partial charge in [-0.1, -0.05) is 0 Å². The van der Waals surface area contributed by atoms with Crippen molar-refractivity contribution in [3.8, 4) is 0 Å². The van der Waals surface area contributed by atoms with E-state index in [4.69, 9.17) is 17.0 Å². The Bertz CT molecular complexity index is 257. The minimum atomic E-state index is 0.457. The molecule has 0 aliphatic carbocycles. The molecule has 0 aromatic carbocycles. The monoisotopic (exact) mass is 170 g/mol. The van der Waals surface area contributed by atoms with Gasteiger partial charge in [0, 0.05) is 26.4 Å². The Labute approximate surface area is 71.0 Å². The minimum Gasteiger partial charge on any atom is -0.479 e. The summed E-state index contributed by atoms with van der Waals surface area (Å²) in [6.45, 7) is 2.21. The molecule has 1 aromatic rings. The van der Waals surface area contributed by atoms with Crippen molar-refractivity contribution in [3.05, 3.63) is 18.2 Å². The Balaban J connectivity index is 2.51. The van der Waals surface area contributed by atoms with Gasteiger partial charge >= 0.3 is 0 Å². The molecule has 0 saturated carbocycles. The third kappa shape index (κ3) is 2.31. The van der Waals surface area contributed by atoms with Gasteiger partial charge < -0.3 is 9.30 Å². The smallest absolute Gasteiger partial charge is 0.157 e. The maximum Gasteiger partial charge on any atom is 0.157 e. The number of aryl methyl sites for hydroxylation is 1. The predicted molar refractivity (Wildman–Crippen MR) is 46.3 cm³/mol. The van der Waals surface area contributed by atoms with E-state index in [1.165, 1.54) is 0 Å². The van der Waals surface area contributed by atoms with Crippen molar-refractivity contribution in [2.75, 3.05) is 0 Å². The summed E-state index contributed by atoms with van der Waals surface area (Å²) in [5.41, 5.74) is 0. The van der Waals surface area contributed by atoms with E-state index in [-0.39, 0.29) is 0 Å². The largest absolute Gasteiger partial charge is 0.479 e. The van der Waals surface area contributed by atoms with Gasteiger partial charge in [-0.2, -0.15) is 0 Å². The Morgan fingerprint density at radius 1 is 1.82 bits per heavy atom. The van der Waals surface area contributed by atoms with Gasteiger partial charge in [-0.3, -0.25) is 0 Å². The molecule has 0 radical (unpaired) electrons. The van der Waals surface area contributed by atoms with Gasteiger partial charge in [0.1, 0.15) is 12.4 Å². The van der Waals surface area contributed by atoms with Crippen LogP contribution in [0.4, 0.5) is 0 Å². The zero-order chi connectivity index (χ0) is 8.27. The number of rotatable bonds is 2. The Kier molecular flexibility index (Phi) is 2.59. The summed E-state index contributed by atoms with van der Waals surface area (Å²) in [5, 5.41) is 0.549. The highest BCUT2D eigenvalue weighted by atomic mass is 32.1. The lowest BCUT2D eigenvalue weighted by Gasteiger charge is -2.02. The van der Waals surface area contributed by atoms with Gasteiger partial charge in [0.05, 0.1) is 0 Å². The highest BCUT2D eigenvalue weighted by Crippen LogP contribution is 1.96. The topological polar surface area (TPSA) is 27.1 Å². The SMILES string of the molecule is CC(=S)OCc1nccn1C. The first-order valence-corrected chi connectivity index (χ1v) is 3.70. The van der Waals surface area contributed by atoms with Crippen LogP contribution in [0.5, 0.6) is 0 Å². The minimum absolute atomic E-state index is 0.457. The molecule has 1 rings (SSSR count). The quantitative estimate of drug-likeness (QED) is 0.626. The molecule has 0 amide bonds. The summed E-state index contributed by atoms with van der Waals surface area (Å²) < 4.78 is 7.02. The molecule has 60 valence electrons. The molecule has 0 atom stereocenters. The lowest BCUT2D eigenvalue weighted by Crippen LogP contribution is -2.02. The van der Waals surface area contributed by atoms with Crippen LogP contribution in [0.25, 0.3) is 0 Å². The van der Waals surface area contributed by atoms with Crippen molar-refractivity contribution in [1.82, 2.24) is 9.55 Å². The van der Waals surface area contributed by atoms with E-state index < -0.39 is 0 Å². The molecule has 1 aromatic heterocycles. The number of imidazole rings is 1. The molecule has 11 heavy (non-hydrogen) atoms. The first kappa shape index (κ1) is 8.20. The van der Waals surface area contributed by atoms with Gasteiger partial charge in [-0.25, -0.2) is 4.98 Å². The normalized spacial score (nSPS) is 9.64. The summed E-state index contributed by atoms with van der Waals surface area (Å²) in [4.78, 5) is 4.07. The number of nitrogens with zero attached hydrogens (tertiary/aromatic N) is 2. The van der Waals surface area contributed by atoms with Crippen molar-refractivity contribution in [1.29, 1.82) is 0 Å². The molecule has 0 aliphatic rings. The molecule has 3 nitrogen and oxygen atoms in total. The van der Waals surface area contributed by atoms with E-state index in [0.717, 1.165) is 5.82 Å². The molecular formula is C7H10N2OS. The van der Waals surface area contributed by atoms with E-state index >= 15 is 0 Å². The zero-order valence-corrected chi connectivity index (χ0v) is 7.39. The van der Waals surface area contributed by atoms with Crippen molar-refractivity contribution < 1.29 is 4.74 Å². The first-order chi connectivity index (χ1) is 5.20. The predicted octanol–water partition coefficient (Wildman–Crippen LogP) is 1.28. The van der Waals surface area contributed by atoms with Crippen LogP contribution in [0.2, 0.25) is 0 Å². The van der Waals surface area contributed by atoms with E-state index in [9.17, 15) is 0 Å². The Morgan fingerprint density at radius 3 is 3.00 bits per heavy atom. The van der Waals surface area contributed by atoms with Crippen molar-refractivity contribution in [2.45, 2.75) is 13.5 Å². The fourth-order valence-electron chi connectivity index (χ4n) is 0.702. The number of thiocarbonyl (C=S) groups is 1. The summed E-state index contributed by atoms with van der Waals surface area (Å²) in [5.74, 6) is 0.884. The second kappa shape index (κ2) is 3.48. The second-order valence-corrected chi connectivity index (χ2v) is 2.81. The maximum absolute atomic E-state index is 5.12. The summed E-state index contributed by atoms with van der Waals surface area (Å²) in [7, 11) is 1.92. The molecular weight excluding hydrogens is 160 g/mol. The van der Waals surface area contributed by atoms with Crippen LogP contribution in [0.15, 0.2) is 12.4 Å². The van der Waals surface area contributed by atoms with Crippen LogP contribution >= 0.6 is 12.2 Å². The van der Waals surface area contributed by atoms with Crippen molar-refractivity contribution >= 4 is 17.3 Å². The molecule has 1 heterocycles. The summed E-state index contributed by atoms with van der Waals surface area (Å²) >= 11 is 4.75. The maximum atomic E-state index is 5.12. The number of hydrogen-bond donors (Lipinski definition) is 0. The van der Waals surface area contributed by atoms with Gasteiger partial charge in [-0.15, -0.1) is 0 Å². The fourth-order valence-corrected chi connectivity index (χ4v) is 0.761. The molecule has 0 saturated heterocycles. The molecule has 0 aliphatic heterocycles. The van der Waals surface area contributed by atoms with E-state index in [2.05, 4.69) is 4.98 Å². The van der Waals surface area contributed by atoms with Gasteiger partial charge in [0.25, 0.3) is 0 Å². The zero-order valence-electron chi connectivity index (χ0n) is 6.57. The Hall–Kier alpha value is -0.900.